The zero-order valence-corrected chi connectivity index (χ0v) is 6.27. The third-order valence-electron chi connectivity index (χ3n) is 1.08. The first-order valence-electron chi connectivity index (χ1n) is 2.69. The number of rotatable bonds is 0. The van der Waals surface area contributed by atoms with Crippen LogP contribution in [0.2, 0.25) is 0 Å². The van der Waals surface area contributed by atoms with Gasteiger partial charge in [-0.15, -0.1) is 0 Å². The van der Waals surface area contributed by atoms with Gasteiger partial charge in [0.25, 0.3) is 0 Å². The molecule has 1 rings (SSSR count). The highest BCUT2D eigenvalue weighted by Gasteiger charge is 1.84. The minimum Gasteiger partial charge on any atom is -0.327 e. The summed E-state index contributed by atoms with van der Waals surface area (Å²) in [5, 5.41) is 0. The summed E-state index contributed by atoms with van der Waals surface area (Å²) in [6.07, 6.45) is 3.72. The van der Waals surface area contributed by atoms with E-state index < -0.39 is 0 Å². The van der Waals surface area contributed by atoms with Crippen LogP contribution >= 0.6 is 12.2 Å². The van der Waals surface area contributed by atoms with Gasteiger partial charge in [-0.3, -0.25) is 0 Å². The normalized spacial score (nSPS) is 9.56. The Morgan fingerprint density at radius 2 is 2.33 bits per heavy atom. The molecule has 0 N–H and O–H groups in total. The molecule has 0 aromatic carbocycles. The van der Waals surface area contributed by atoms with E-state index in [0.29, 0.717) is 4.77 Å². The van der Waals surface area contributed by atoms with Crippen LogP contribution in [0.5, 0.6) is 0 Å². The fraction of sp³-hybridized carbons (Fsp3) is 0.333. The van der Waals surface area contributed by atoms with Crippen LogP contribution in [0, 0.1) is 11.7 Å². The Balaban J connectivity index is 3.34. The summed E-state index contributed by atoms with van der Waals surface area (Å²) in [5.41, 5.74) is 1.13. The monoisotopic (exact) mass is 140 g/mol. The van der Waals surface area contributed by atoms with E-state index in [9.17, 15) is 0 Å². The van der Waals surface area contributed by atoms with Crippen LogP contribution in [-0.2, 0) is 7.05 Å². The highest BCUT2D eigenvalue weighted by molar-refractivity contribution is 7.71. The smallest absolute Gasteiger partial charge is 0.199 e. The lowest BCUT2D eigenvalue weighted by Gasteiger charge is -1.96. The van der Waals surface area contributed by atoms with E-state index >= 15 is 0 Å². The summed E-state index contributed by atoms with van der Waals surface area (Å²) in [5.74, 6) is 0. The molecule has 2 nitrogen and oxygen atoms in total. The Labute approximate surface area is 59.2 Å². The molecule has 0 saturated heterocycles. The second kappa shape index (κ2) is 2.27. The maximum absolute atomic E-state index is 4.86. The molecule has 1 aromatic heterocycles. The standard InChI is InChI=1S/C6H8N2S/c1-5-3-7-6(9)8(2)4-5/h3-4H,1-2H3. The summed E-state index contributed by atoms with van der Waals surface area (Å²) < 4.78 is 2.45. The van der Waals surface area contributed by atoms with E-state index in [-0.39, 0.29) is 0 Å². The molecule has 0 unspecified atom stereocenters. The predicted octanol–water partition coefficient (Wildman–Crippen LogP) is 1.46. The molecule has 0 atom stereocenters. The highest BCUT2D eigenvalue weighted by atomic mass is 32.1. The molecule has 0 spiro atoms. The second-order valence-corrected chi connectivity index (χ2v) is 2.39. The van der Waals surface area contributed by atoms with Crippen LogP contribution in [0.3, 0.4) is 0 Å². The minimum absolute atomic E-state index is 0.626. The summed E-state index contributed by atoms with van der Waals surface area (Å²) in [6, 6.07) is 0. The third kappa shape index (κ3) is 1.36. The number of nitrogens with zero attached hydrogens (tertiary/aromatic N) is 2. The molecule has 0 radical (unpaired) electrons. The van der Waals surface area contributed by atoms with Crippen molar-refractivity contribution in [2.24, 2.45) is 7.05 Å². The lowest BCUT2D eigenvalue weighted by atomic mass is 10.4. The van der Waals surface area contributed by atoms with Crippen LogP contribution in [0.1, 0.15) is 5.56 Å². The summed E-state index contributed by atoms with van der Waals surface area (Å²) in [7, 11) is 1.89. The highest BCUT2D eigenvalue weighted by Crippen LogP contribution is 1.91. The number of hydrogen-bond acceptors (Lipinski definition) is 2. The van der Waals surface area contributed by atoms with E-state index in [1.807, 2.05) is 24.7 Å². The van der Waals surface area contributed by atoms with E-state index in [0.717, 1.165) is 5.56 Å². The van der Waals surface area contributed by atoms with Crippen LogP contribution in [0.25, 0.3) is 0 Å². The van der Waals surface area contributed by atoms with Gasteiger partial charge in [0, 0.05) is 19.4 Å². The zero-order chi connectivity index (χ0) is 6.85. The Kier molecular flexibility index (Phi) is 1.62. The number of hydrogen-bond donors (Lipinski definition) is 0. The molecule has 0 bridgehead atoms. The van der Waals surface area contributed by atoms with E-state index in [1.165, 1.54) is 0 Å². The van der Waals surface area contributed by atoms with Gasteiger partial charge in [-0.2, -0.15) is 0 Å². The van der Waals surface area contributed by atoms with E-state index in [4.69, 9.17) is 12.2 Å². The molecule has 1 heterocycles. The van der Waals surface area contributed by atoms with Gasteiger partial charge >= 0.3 is 0 Å². The first-order chi connectivity index (χ1) is 4.20. The van der Waals surface area contributed by atoms with Gasteiger partial charge in [-0.25, -0.2) is 4.98 Å². The average molecular weight is 140 g/mol. The maximum Gasteiger partial charge on any atom is 0.199 e. The van der Waals surface area contributed by atoms with Crippen LogP contribution in [0.15, 0.2) is 12.4 Å². The fourth-order valence-electron chi connectivity index (χ4n) is 0.642. The molecule has 0 aliphatic rings. The lowest BCUT2D eigenvalue weighted by molar-refractivity contribution is 0.833. The lowest BCUT2D eigenvalue weighted by Crippen LogP contribution is -1.94. The molecular formula is C6H8N2S. The Morgan fingerprint density at radius 3 is 2.78 bits per heavy atom. The van der Waals surface area contributed by atoms with Crippen LogP contribution in [-0.4, -0.2) is 9.55 Å². The topological polar surface area (TPSA) is 17.8 Å². The van der Waals surface area contributed by atoms with Gasteiger partial charge in [0.1, 0.15) is 0 Å². The van der Waals surface area contributed by atoms with Crippen LogP contribution in [0.4, 0.5) is 0 Å². The minimum atomic E-state index is 0.626. The Hall–Kier alpha value is -0.700. The number of aromatic nitrogens is 2. The van der Waals surface area contributed by atoms with Crippen molar-refractivity contribution in [3.63, 3.8) is 0 Å². The van der Waals surface area contributed by atoms with E-state index in [1.54, 1.807) is 6.20 Å². The number of aryl methyl sites for hydroxylation is 2. The quantitative estimate of drug-likeness (QED) is 0.508. The molecule has 1 aromatic rings. The van der Waals surface area contributed by atoms with Gasteiger partial charge in [0.05, 0.1) is 0 Å². The molecule has 0 saturated carbocycles. The molecule has 9 heavy (non-hydrogen) atoms. The summed E-state index contributed by atoms with van der Waals surface area (Å²) in [4.78, 5) is 3.96. The molecule has 0 amide bonds. The predicted molar refractivity (Wildman–Crippen MR) is 38.8 cm³/mol. The average Bonchev–Trinajstić information content (AvgIpc) is 1.80. The van der Waals surface area contributed by atoms with Gasteiger partial charge in [-0.05, 0) is 24.7 Å². The Morgan fingerprint density at radius 1 is 1.67 bits per heavy atom. The molecule has 3 heteroatoms. The first kappa shape index (κ1) is 6.42. The van der Waals surface area contributed by atoms with Crippen molar-refractivity contribution >= 4 is 12.2 Å². The molecule has 48 valence electrons. The van der Waals surface area contributed by atoms with Gasteiger partial charge in [0.15, 0.2) is 4.77 Å². The van der Waals surface area contributed by atoms with Crippen molar-refractivity contribution < 1.29 is 0 Å². The Bertz CT molecular complexity index is 264. The van der Waals surface area contributed by atoms with Gasteiger partial charge in [0.2, 0.25) is 0 Å². The fourth-order valence-corrected chi connectivity index (χ4v) is 0.748. The summed E-state index contributed by atoms with van der Waals surface area (Å²) in [6.45, 7) is 1.99. The largest absolute Gasteiger partial charge is 0.327 e. The molecule has 0 fully saturated rings. The van der Waals surface area contributed by atoms with Crippen molar-refractivity contribution in [2.45, 2.75) is 6.92 Å². The maximum atomic E-state index is 4.86. The molecular weight excluding hydrogens is 132 g/mol. The first-order valence-corrected chi connectivity index (χ1v) is 3.10. The zero-order valence-electron chi connectivity index (χ0n) is 5.46. The van der Waals surface area contributed by atoms with Crippen molar-refractivity contribution in [1.82, 2.24) is 9.55 Å². The molecule has 0 aliphatic heterocycles. The van der Waals surface area contributed by atoms with Gasteiger partial charge < -0.3 is 4.57 Å². The summed E-state index contributed by atoms with van der Waals surface area (Å²) >= 11 is 4.86. The van der Waals surface area contributed by atoms with Crippen LogP contribution < -0.4 is 0 Å². The van der Waals surface area contributed by atoms with Crippen molar-refractivity contribution in [1.29, 1.82) is 0 Å². The van der Waals surface area contributed by atoms with Crippen molar-refractivity contribution in [3.8, 4) is 0 Å². The van der Waals surface area contributed by atoms with E-state index in [2.05, 4.69) is 4.98 Å². The van der Waals surface area contributed by atoms with Crippen molar-refractivity contribution in [3.05, 3.63) is 22.7 Å². The SMILES string of the molecule is Cc1cnc(=S)n(C)c1. The second-order valence-electron chi connectivity index (χ2n) is 2.02. The third-order valence-corrected chi connectivity index (χ3v) is 1.47. The molecule has 0 aliphatic carbocycles. The van der Waals surface area contributed by atoms with Crippen molar-refractivity contribution in [2.75, 3.05) is 0 Å². The van der Waals surface area contributed by atoms with Gasteiger partial charge in [-0.1, -0.05) is 0 Å².